The second-order valence-corrected chi connectivity index (χ2v) is 12.8. The van der Waals surface area contributed by atoms with Crippen molar-refractivity contribution in [2.24, 2.45) is 0 Å². The minimum absolute atomic E-state index is 0.574. The van der Waals surface area contributed by atoms with Gasteiger partial charge in [-0.25, -0.2) is 0 Å². The van der Waals surface area contributed by atoms with Crippen LogP contribution in [0.4, 0.5) is 0 Å². The molecule has 3 saturated heterocycles. The Labute approximate surface area is 248 Å². The number of nitrogens with zero attached hydrogens (tertiary/aromatic N) is 4. The molecule has 40 heavy (non-hydrogen) atoms. The molecule has 0 aromatic carbocycles. The standard InChI is InChI=1S/C34H64N6/c1-3-37-27-19-13-23-33(37)39(31-21-11-15-25-35-31)29-17-9-7-5-6-8-10-18-30-40(32-22-12-16-26-36-32)34-24-14-20-28-38(34)4-2/h15,21,25,32-36H,3-14,16-20,22-24,26-30H2,1-2H3. The third-order valence-electron chi connectivity index (χ3n) is 10.1. The summed E-state index contributed by atoms with van der Waals surface area (Å²) in [4.78, 5) is 11.0. The Kier molecular flexibility index (Phi) is 14.7. The van der Waals surface area contributed by atoms with Crippen molar-refractivity contribution >= 4 is 0 Å². The zero-order chi connectivity index (χ0) is 27.8. The van der Waals surface area contributed by atoms with Crippen LogP contribution in [0.1, 0.15) is 129 Å². The zero-order valence-electron chi connectivity index (χ0n) is 26.4. The molecule has 4 heterocycles. The summed E-state index contributed by atoms with van der Waals surface area (Å²) in [5.41, 5.74) is 0. The van der Waals surface area contributed by atoms with Gasteiger partial charge in [0.25, 0.3) is 0 Å². The van der Waals surface area contributed by atoms with Gasteiger partial charge in [0.05, 0.1) is 18.5 Å². The fourth-order valence-corrected chi connectivity index (χ4v) is 7.76. The number of allylic oxidation sites excluding steroid dienone is 2. The van der Waals surface area contributed by atoms with Gasteiger partial charge in [-0.3, -0.25) is 14.7 Å². The fourth-order valence-electron chi connectivity index (χ4n) is 7.76. The van der Waals surface area contributed by atoms with E-state index >= 15 is 0 Å². The van der Waals surface area contributed by atoms with Crippen LogP contribution in [0, 0.1) is 0 Å². The smallest absolute Gasteiger partial charge is 0.103 e. The van der Waals surface area contributed by atoms with E-state index in [-0.39, 0.29) is 0 Å². The molecule has 4 aliphatic rings. The summed E-state index contributed by atoms with van der Waals surface area (Å²) in [5, 5.41) is 7.45. The van der Waals surface area contributed by atoms with Crippen LogP contribution in [0.2, 0.25) is 0 Å². The Morgan fingerprint density at radius 1 is 0.725 bits per heavy atom. The van der Waals surface area contributed by atoms with Crippen molar-refractivity contribution in [3.63, 3.8) is 0 Å². The number of rotatable bonds is 17. The molecule has 3 atom stereocenters. The van der Waals surface area contributed by atoms with Gasteiger partial charge in [-0.15, -0.1) is 0 Å². The lowest BCUT2D eigenvalue weighted by molar-refractivity contribution is -0.0273. The predicted molar refractivity (Wildman–Crippen MR) is 171 cm³/mol. The first-order valence-corrected chi connectivity index (χ1v) is 17.7. The van der Waals surface area contributed by atoms with Gasteiger partial charge in [0.15, 0.2) is 0 Å². The van der Waals surface area contributed by atoms with Crippen molar-refractivity contribution in [2.45, 2.75) is 148 Å². The predicted octanol–water partition coefficient (Wildman–Crippen LogP) is 6.82. The van der Waals surface area contributed by atoms with E-state index in [0.717, 1.165) is 13.0 Å². The van der Waals surface area contributed by atoms with E-state index in [9.17, 15) is 0 Å². The van der Waals surface area contributed by atoms with Crippen LogP contribution in [0.3, 0.4) is 0 Å². The second kappa shape index (κ2) is 18.5. The molecule has 0 bridgehead atoms. The Balaban J connectivity index is 1.12. The van der Waals surface area contributed by atoms with Crippen molar-refractivity contribution < 1.29 is 0 Å². The van der Waals surface area contributed by atoms with Crippen LogP contribution >= 0.6 is 0 Å². The molecule has 0 radical (unpaired) electrons. The highest BCUT2D eigenvalue weighted by Crippen LogP contribution is 2.26. The molecule has 6 nitrogen and oxygen atoms in total. The molecular weight excluding hydrogens is 492 g/mol. The fraction of sp³-hybridized carbons (Fsp3) is 0.882. The van der Waals surface area contributed by atoms with Crippen molar-refractivity contribution in [1.29, 1.82) is 0 Å². The van der Waals surface area contributed by atoms with E-state index in [0.29, 0.717) is 18.5 Å². The van der Waals surface area contributed by atoms with Crippen molar-refractivity contribution in [2.75, 3.05) is 45.8 Å². The highest BCUT2D eigenvalue weighted by molar-refractivity contribution is 5.11. The first-order chi connectivity index (χ1) is 19.8. The Hall–Kier alpha value is -1.08. The number of dihydropyridines is 1. The van der Waals surface area contributed by atoms with Crippen molar-refractivity contribution in [1.82, 2.24) is 30.2 Å². The number of hydrogen-bond acceptors (Lipinski definition) is 6. The van der Waals surface area contributed by atoms with E-state index in [1.54, 1.807) is 0 Å². The normalized spacial score (nSPS) is 26.6. The Morgan fingerprint density at radius 3 is 1.98 bits per heavy atom. The van der Waals surface area contributed by atoms with Gasteiger partial charge in [-0.2, -0.15) is 0 Å². The summed E-state index contributed by atoms with van der Waals surface area (Å²) >= 11 is 0. The van der Waals surface area contributed by atoms with E-state index in [4.69, 9.17) is 0 Å². The van der Waals surface area contributed by atoms with Crippen molar-refractivity contribution in [3.8, 4) is 0 Å². The van der Waals surface area contributed by atoms with Gasteiger partial charge in [0, 0.05) is 19.6 Å². The average molecular weight is 557 g/mol. The van der Waals surface area contributed by atoms with Gasteiger partial charge in [0.1, 0.15) is 5.82 Å². The molecular formula is C34H64N6. The van der Waals surface area contributed by atoms with Gasteiger partial charge < -0.3 is 15.5 Å². The van der Waals surface area contributed by atoms with Gasteiger partial charge in [-0.05, 0) is 116 Å². The number of unbranched alkanes of at least 4 members (excludes halogenated alkanes) is 7. The lowest BCUT2D eigenvalue weighted by Crippen LogP contribution is -2.59. The third-order valence-corrected chi connectivity index (χ3v) is 10.1. The molecule has 4 rings (SSSR count). The number of likely N-dealkylation sites (tertiary alicyclic amines) is 2. The summed E-state index contributed by atoms with van der Waals surface area (Å²) in [6.45, 7) is 13.3. The minimum atomic E-state index is 0.574. The molecule has 6 heteroatoms. The molecule has 0 aromatic heterocycles. The van der Waals surface area contributed by atoms with Crippen LogP contribution in [0.15, 0.2) is 24.2 Å². The van der Waals surface area contributed by atoms with Crippen LogP contribution in [0.25, 0.3) is 0 Å². The van der Waals surface area contributed by atoms with Gasteiger partial charge in [0.2, 0.25) is 0 Å². The average Bonchev–Trinajstić information content (AvgIpc) is 3.02. The summed E-state index contributed by atoms with van der Waals surface area (Å²) < 4.78 is 0. The SMILES string of the molecule is CCN1CCCCC1N(CCCCCCCCCCN(C1CCCCN1)C1CCCCN1CC)C1=CCC=CN1. The summed E-state index contributed by atoms with van der Waals surface area (Å²) in [6, 6.07) is 0. The van der Waals surface area contributed by atoms with Gasteiger partial charge in [-0.1, -0.05) is 58.4 Å². The lowest BCUT2D eigenvalue weighted by atomic mass is 10.0. The molecule has 230 valence electrons. The molecule has 2 N–H and O–H groups in total. The molecule has 0 saturated carbocycles. The molecule has 3 unspecified atom stereocenters. The van der Waals surface area contributed by atoms with Crippen LogP contribution < -0.4 is 10.6 Å². The lowest BCUT2D eigenvalue weighted by Gasteiger charge is -2.47. The molecule has 3 fully saturated rings. The highest BCUT2D eigenvalue weighted by atomic mass is 15.4. The maximum Gasteiger partial charge on any atom is 0.103 e. The highest BCUT2D eigenvalue weighted by Gasteiger charge is 2.32. The quantitative estimate of drug-likeness (QED) is 0.191. The summed E-state index contributed by atoms with van der Waals surface area (Å²) in [5.74, 6) is 1.35. The third kappa shape index (κ3) is 9.74. The molecule has 0 amide bonds. The van der Waals surface area contributed by atoms with Crippen LogP contribution in [-0.2, 0) is 0 Å². The zero-order valence-corrected chi connectivity index (χ0v) is 26.4. The van der Waals surface area contributed by atoms with Gasteiger partial charge >= 0.3 is 0 Å². The largest absolute Gasteiger partial charge is 0.349 e. The number of nitrogens with one attached hydrogen (secondary N) is 2. The van der Waals surface area contributed by atoms with E-state index < -0.39 is 0 Å². The molecule has 0 aromatic rings. The number of piperidine rings is 3. The van der Waals surface area contributed by atoms with Crippen LogP contribution in [-0.4, -0.2) is 83.9 Å². The van der Waals surface area contributed by atoms with E-state index in [2.05, 4.69) is 62.4 Å². The first-order valence-electron chi connectivity index (χ1n) is 17.7. The molecule has 4 aliphatic heterocycles. The number of hydrogen-bond donors (Lipinski definition) is 2. The first kappa shape index (κ1) is 31.8. The Bertz CT molecular complexity index is 732. The maximum absolute atomic E-state index is 3.88. The van der Waals surface area contributed by atoms with E-state index in [1.165, 1.54) is 154 Å². The second-order valence-electron chi connectivity index (χ2n) is 12.8. The van der Waals surface area contributed by atoms with Crippen molar-refractivity contribution in [3.05, 3.63) is 24.2 Å². The van der Waals surface area contributed by atoms with Crippen LogP contribution in [0.5, 0.6) is 0 Å². The Morgan fingerprint density at radius 2 is 1.35 bits per heavy atom. The monoisotopic (exact) mass is 557 g/mol. The topological polar surface area (TPSA) is 37.0 Å². The maximum atomic E-state index is 3.88. The van der Waals surface area contributed by atoms with E-state index in [1.807, 2.05) is 0 Å². The summed E-state index contributed by atoms with van der Waals surface area (Å²) in [7, 11) is 0. The minimum Gasteiger partial charge on any atom is -0.349 e. The molecule has 0 spiro atoms. The summed E-state index contributed by atoms with van der Waals surface area (Å²) in [6.07, 6.45) is 33.0. The molecule has 0 aliphatic carbocycles.